The third-order valence-electron chi connectivity index (χ3n) is 3.90. The first kappa shape index (κ1) is 16.8. The monoisotopic (exact) mass is 367 g/mol. The molecule has 1 N–H and O–H groups in total. The predicted octanol–water partition coefficient (Wildman–Crippen LogP) is 3.73. The quantitative estimate of drug-likeness (QED) is 0.655. The summed E-state index contributed by atoms with van der Waals surface area (Å²) in [5.74, 6) is -0.592. The molecule has 24 heavy (non-hydrogen) atoms. The Balaban J connectivity index is 2.26. The predicted molar refractivity (Wildman–Crippen MR) is 89.3 cm³/mol. The van der Waals surface area contributed by atoms with Crippen molar-refractivity contribution in [3.8, 4) is 0 Å². The van der Waals surface area contributed by atoms with Crippen LogP contribution in [0.5, 0.6) is 0 Å². The highest BCUT2D eigenvalue weighted by molar-refractivity contribution is 6.35. The van der Waals surface area contributed by atoms with Crippen LogP contribution in [0.15, 0.2) is 51.8 Å². The smallest absolute Gasteiger partial charge is 0.220 e. The molecule has 0 bridgehead atoms. The number of rotatable bonds is 4. The molecule has 0 fully saturated rings. The second-order valence-electron chi connectivity index (χ2n) is 5.35. The van der Waals surface area contributed by atoms with Crippen molar-refractivity contribution in [1.29, 1.82) is 0 Å². The Labute approximate surface area is 148 Å². The Morgan fingerprint density at radius 2 is 2.04 bits per heavy atom. The van der Waals surface area contributed by atoms with Crippen LogP contribution in [0.4, 0.5) is 0 Å². The average Bonchev–Trinajstić information content (AvgIpc) is 3.09. The minimum atomic E-state index is -1.72. The zero-order valence-corrected chi connectivity index (χ0v) is 14.5. The molecule has 0 spiro atoms. The van der Waals surface area contributed by atoms with Gasteiger partial charge in [-0.3, -0.25) is 9.80 Å². The van der Waals surface area contributed by atoms with Gasteiger partial charge in [0.2, 0.25) is 11.4 Å². The summed E-state index contributed by atoms with van der Waals surface area (Å²) < 4.78 is 6.39. The third-order valence-corrected chi connectivity index (χ3v) is 4.77. The van der Waals surface area contributed by atoms with Gasteiger partial charge in [0.25, 0.3) is 0 Å². The molecular weight excluding hydrogens is 353 g/mol. The van der Waals surface area contributed by atoms with E-state index in [4.69, 9.17) is 27.9 Å². The van der Waals surface area contributed by atoms with Crippen LogP contribution in [-0.2, 0) is 5.54 Å². The fourth-order valence-electron chi connectivity index (χ4n) is 2.72. The summed E-state index contributed by atoms with van der Waals surface area (Å²) in [4.78, 5) is 13.3. The number of benzene rings is 1. The van der Waals surface area contributed by atoms with Crippen molar-refractivity contribution in [3.05, 3.63) is 64.3 Å². The van der Waals surface area contributed by atoms with E-state index >= 15 is 0 Å². The summed E-state index contributed by atoms with van der Waals surface area (Å²) in [5.41, 5.74) is -0.776. The van der Waals surface area contributed by atoms with Gasteiger partial charge in [-0.1, -0.05) is 47.1 Å². The number of halogens is 2. The van der Waals surface area contributed by atoms with E-state index in [2.05, 4.69) is 5.16 Å². The fourth-order valence-corrected chi connectivity index (χ4v) is 3.54. The number of aliphatic hydroxyl groups excluding tert-OH is 1. The molecule has 0 saturated heterocycles. The van der Waals surface area contributed by atoms with Crippen LogP contribution < -0.4 is 0 Å². The second kappa shape index (κ2) is 6.12. The van der Waals surface area contributed by atoms with E-state index in [0.717, 1.165) is 4.53 Å². The molecule has 0 saturated carbocycles. The van der Waals surface area contributed by atoms with Crippen LogP contribution in [-0.4, -0.2) is 32.1 Å². The van der Waals surface area contributed by atoms with Gasteiger partial charge in [0.15, 0.2) is 11.5 Å². The molecule has 0 aliphatic carbocycles. The Kier molecular flexibility index (Phi) is 4.29. The zero-order valence-electron chi connectivity index (χ0n) is 13.0. The van der Waals surface area contributed by atoms with Gasteiger partial charge in [-0.2, -0.15) is 0 Å². The number of aliphatic hydroxyl groups is 1. The molecular formula is C16H15Cl2N3O3. The molecule has 1 aromatic carbocycles. The topological polar surface area (TPSA) is 69.8 Å². The summed E-state index contributed by atoms with van der Waals surface area (Å²) in [6.45, 7) is 3.79. The molecule has 0 amide bonds. The van der Waals surface area contributed by atoms with E-state index < -0.39 is 11.3 Å². The SMILES string of the molecule is CCN1C(O)=C(Cl)C(C(=O)c2ccccc2)(c2cc(C)no2)N1Cl. The lowest BCUT2D eigenvalue weighted by Gasteiger charge is -2.33. The molecule has 1 atom stereocenters. The Morgan fingerprint density at radius 1 is 1.38 bits per heavy atom. The minimum absolute atomic E-state index is 0.135. The van der Waals surface area contributed by atoms with E-state index in [1.165, 1.54) is 5.01 Å². The van der Waals surface area contributed by atoms with Crippen molar-refractivity contribution in [2.24, 2.45) is 0 Å². The minimum Gasteiger partial charge on any atom is -0.493 e. The largest absolute Gasteiger partial charge is 0.493 e. The number of hydrogen-bond acceptors (Lipinski definition) is 6. The number of carbonyl (C=O) groups excluding carboxylic acids is 1. The lowest BCUT2D eigenvalue weighted by molar-refractivity contribution is 0.0134. The van der Waals surface area contributed by atoms with Crippen LogP contribution in [0.1, 0.15) is 28.7 Å². The van der Waals surface area contributed by atoms with Gasteiger partial charge in [0, 0.05) is 30.0 Å². The molecule has 6 nitrogen and oxygen atoms in total. The normalized spacial score (nSPS) is 21.6. The molecule has 2 aromatic rings. The van der Waals surface area contributed by atoms with Crippen LogP contribution in [0.25, 0.3) is 0 Å². The number of aryl methyl sites for hydroxylation is 1. The maximum absolute atomic E-state index is 13.3. The number of aromatic nitrogens is 1. The highest BCUT2D eigenvalue weighted by Crippen LogP contribution is 2.50. The molecule has 0 radical (unpaired) electrons. The van der Waals surface area contributed by atoms with Crippen LogP contribution >= 0.6 is 23.4 Å². The Bertz CT molecular complexity index is 806. The third kappa shape index (κ3) is 2.22. The van der Waals surface area contributed by atoms with Crippen molar-refractivity contribution >= 4 is 29.2 Å². The molecule has 1 unspecified atom stereocenters. The molecule has 1 aliphatic rings. The van der Waals surface area contributed by atoms with Gasteiger partial charge in [-0.25, -0.2) is 0 Å². The van der Waals surface area contributed by atoms with Crippen LogP contribution in [0.3, 0.4) is 0 Å². The molecule has 1 aromatic heterocycles. The molecule has 1 aliphatic heterocycles. The van der Waals surface area contributed by atoms with Gasteiger partial charge < -0.3 is 9.63 Å². The number of hydrazine groups is 1. The maximum atomic E-state index is 13.3. The molecule has 8 heteroatoms. The van der Waals surface area contributed by atoms with Gasteiger partial charge in [0.1, 0.15) is 5.03 Å². The first-order valence-corrected chi connectivity index (χ1v) is 8.02. The van der Waals surface area contributed by atoms with E-state index in [1.54, 1.807) is 50.2 Å². The van der Waals surface area contributed by atoms with Crippen LogP contribution in [0.2, 0.25) is 0 Å². The lowest BCUT2D eigenvalue weighted by Crippen LogP contribution is -2.49. The summed E-state index contributed by atoms with van der Waals surface area (Å²) in [6.07, 6.45) is 0. The van der Waals surface area contributed by atoms with Gasteiger partial charge in [-0.15, -0.1) is 4.53 Å². The van der Waals surface area contributed by atoms with Crippen molar-refractivity contribution in [3.63, 3.8) is 0 Å². The maximum Gasteiger partial charge on any atom is 0.220 e. The number of nitrogens with zero attached hydrogens (tertiary/aromatic N) is 3. The first-order chi connectivity index (χ1) is 11.4. The highest BCUT2D eigenvalue weighted by atomic mass is 35.5. The number of ketones is 1. The van der Waals surface area contributed by atoms with E-state index in [9.17, 15) is 9.90 Å². The van der Waals surface area contributed by atoms with E-state index in [-0.39, 0.29) is 16.7 Å². The average molecular weight is 368 g/mol. The van der Waals surface area contributed by atoms with Crippen molar-refractivity contribution < 1.29 is 14.4 Å². The van der Waals surface area contributed by atoms with Gasteiger partial charge in [-0.05, 0) is 13.8 Å². The summed E-state index contributed by atoms with van der Waals surface area (Å²) >= 11 is 12.8. The Hall–Kier alpha value is -2.02. The molecule has 126 valence electrons. The van der Waals surface area contributed by atoms with E-state index in [1.807, 2.05) is 0 Å². The first-order valence-electron chi connectivity index (χ1n) is 7.30. The van der Waals surface area contributed by atoms with Crippen LogP contribution in [0, 0.1) is 6.92 Å². The number of Topliss-reactive ketones (excluding diaryl/α,β-unsaturated/α-hetero) is 1. The summed E-state index contributed by atoms with van der Waals surface area (Å²) in [7, 11) is 0. The summed E-state index contributed by atoms with van der Waals surface area (Å²) in [6, 6.07) is 10.1. The van der Waals surface area contributed by atoms with E-state index in [0.29, 0.717) is 17.8 Å². The highest BCUT2D eigenvalue weighted by Gasteiger charge is 2.60. The fraction of sp³-hybridized carbons (Fsp3) is 0.250. The second-order valence-corrected chi connectivity index (χ2v) is 6.05. The van der Waals surface area contributed by atoms with Crippen molar-refractivity contribution in [1.82, 2.24) is 14.7 Å². The standard InChI is InChI=1S/C16H15Cl2N3O3/c1-3-20-15(23)13(17)16(21(20)18,12-9-10(2)19-24-12)14(22)11-7-5-4-6-8-11/h4-9,23H,3H2,1-2H3. The zero-order chi connectivity index (χ0) is 17.5. The molecule has 3 rings (SSSR count). The van der Waals surface area contributed by atoms with Gasteiger partial charge in [0.05, 0.1) is 5.69 Å². The lowest BCUT2D eigenvalue weighted by atomic mass is 9.87. The number of hydrogen-bond donors (Lipinski definition) is 1. The number of carbonyl (C=O) groups is 1. The molecule has 2 heterocycles. The van der Waals surface area contributed by atoms with Crippen molar-refractivity contribution in [2.75, 3.05) is 6.54 Å². The summed E-state index contributed by atoms with van der Waals surface area (Å²) in [5, 5.41) is 15.4. The Morgan fingerprint density at radius 3 is 2.54 bits per heavy atom. The van der Waals surface area contributed by atoms with Crippen molar-refractivity contribution in [2.45, 2.75) is 19.4 Å². The van der Waals surface area contributed by atoms with Gasteiger partial charge >= 0.3 is 0 Å².